The first kappa shape index (κ1) is 30.6. The molecular weight excluding hydrogens is 592 g/mol. The van der Waals surface area contributed by atoms with Gasteiger partial charge in [-0.15, -0.1) is 0 Å². The number of nitrogens with one attached hydrogen (secondary N) is 1. The second-order valence-corrected chi connectivity index (χ2v) is 13.6. The van der Waals surface area contributed by atoms with Gasteiger partial charge >= 0.3 is 0 Å². The average molecular weight is 631 g/mol. The van der Waals surface area contributed by atoms with Crippen molar-refractivity contribution in [3.05, 3.63) is 77.6 Å². The van der Waals surface area contributed by atoms with Gasteiger partial charge in [-0.05, 0) is 55.5 Å². The van der Waals surface area contributed by atoms with Crippen LogP contribution in [0.4, 0.5) is 5.95 Å². The highest BCUT2D eigenvalue weighted by atomic mass is 32.2. The van der Waals surface area contributed by atoms with Crippen molar-refractivity contribution >= 4 is 21.9 Å². The first-order valence-corrected chi connectivity index (χ1v) is 16.6. The summed E-state index contributed by atoms with van der Waals surface area (Å²) < 4.78 is 41.9. The van der Waals surface area contributed by atoms with Crippen molar-refractivity contribution in [3.8, 4) is 22.9 Å². The number of sulfonamides is 1. The largest absolute Gasteiger partial charge is 0.497 e. The highest BCUT2D eigenvalue weighted by Gasteiger charge is 2.46. The Kier molecular flexibility index (Phi) is 8.25. The van der Waals surface area contributed by atoms with E-state index in [0.29, 0.717) is 25.2 Å². The van der Waals surface area contributed by atoms with E-state index in [-0.39, 0.29) is 28.7 Å². The smallest absolute Gasteiger partial charge is 0.267 e. The summed E-state index contributed by atoms with van der Waals surface area (Å²) >= 11 is 0. The van der Waals surface area contributed by atoms with Crippen molar-refractivity contribution in [2.24, 2.45) is 7.05 Å². The van der Waals surface area contributed by atoms with E-state index < -0.39 is 15.4 Å². The van der Waals surface area contributed by atoms with Crippen LogP contribution in [0.2, 0.25) is 0 Å². The predicted octanol–water partition coefficient (Wildman–Crippen LogP) is 4.80. The molecular formula is C33H38N6O5S. The van der Waals surface area contributed by atoms with Gasteiger partial charge in [0, 0.05) is 37.8 Å². The number of likely N-dealkylation sites (tertiary alicyclic amines) is 1. The summed E-state index contributed by atoms with van der Waals surface area (Å²) in [4.78, 5) is 25.1. The minimum absolute atomic E-state index is 0.00353. The SMILES string of the molecule is COc1ccc(C2(C(=O)N3CCC(Oc4cc(-c5c(C)cccc5C)nc(NS(=O)(=O)c5cnn(C)c5)n4)C3)CCCC2)cc1. The molecule has 236 valence electrons. The quantitative estimate of drug-likeness (QED) is 0.280. The third-order valence-corrected chi connectivity index (χ3v) is 10.2. The molecule has 2 aromatic carbocycles. The molecule has 1 N–H and O–H groups in total. The van der Waals surface area contributed by atoms with Gasteiger partial charge in [-0.25, -0.2) is 18.1 Å². The zero-order valence-corrected chi connectivity index (χ0v) is 26.8. The molecule has 0 spiro atoms. The summed E-state index contributed by atoms with van der Waals surface area (Å²) in [5, 5.41) is 3.97. The van der Waals surface area contributed by atoms with Gasteiger partial charge in [-0.3, -0.25) is 9.48 Å². The van der Waals surface area contributed by atoms with Gasteiger partial charge in [-0.2, -0.15) is 10.1 Å². The van der Waals surface area contributed by atoms with Crippen LogP contribution in [0.1, 0.15) is 48.8 Å². The van der Waals surface area contributed by atoms with Crippen LogP contribution < -0.4 is 14.2 Å². The fraction of sp³-hybridized carbons (Fsp3) is 0.394. The number of hydrogen-bond donors (Lipinski definition) is 1. The van der Waals surface area contributed by atoms with E-state index in [1.54, 1.807) is 20.2 Å². The maximum absolute atomic E-state index is 14.1. The standard InChI is InChI=1S/C33H38N6O5S/c1-22-8-7-9-23(2)30(22)28-18-29(36-32(35-28)37-45(41,42)27-19-34-38(3)21-27)44-26-14-17-39(20-26)31(40)33(15-5-6-16-33)24-10-12-25(43-4)13-11-24/h7-13,18-19,21,26H,5-6,14-17,20H2,1-4H3,(H,35,36,37). The number of carbonyl (C=O) groups excluding carboxylic acids is 1. The summed E-state index contributed by atoms with van der Waals surface area (Å²) in [5.74, 6) is 1.02. The molecule has 1 aliphatic carbocycles. The number of aryl methyl sites for hydroxylation is 3. The Morgan fingerprint density at radius 3 is 2.40 bits per heavy atom. The van der Waals surface area contributed by atoms with Crippen molar-refractivity contribution in [2.75, 3.05) is 24.9 Å². The molecule has 12 heteroatoms. The molecule has 1 saturated carbocycles. The number of aromatic nitrogens is 4. The Labute approximate surface area is 263 Å². The molecule has 1 saturated heterocycles. The van der Waals surface area contributed by atoms with Crippen molar-refractivity contribution in [1.29, 1.82) is 0 Å². The maximum Gasteiger partial charge on any atom is 0.267 e. The Balaban J connectivity index is 1.26. The van der Waals surface area contributed by atoms with Gasteiger partial charge in [0.2, 0.25) is 17.7 Å². The highest BCUT2D eigenvalue weighted by Crippen LogP contribution is 2.44. The second kappa shape index (κ2) is 12.2. The van der Waals surface area contributed by atoms with E-state index in [1.165, 1.54) is 17.1 Å². The number of carbonyl (C=O) groups is 1. The van der Waals surface area contributed by atoms with Crippen LogP contribution in [0.25, 0.3) is 11.3 Å². The fourth-order valence-electron chi connectivity index (χ4n) is 6.59. The molecule has 2 aliphatic rings. The third kappa shape index (κ3) is 6.11. The number of hydrogen-bond acceptors (Lipinski definition) is 8. The van der Waals surface area contributed by atoms with Gasteiger partial charge in [0.25, 0.3) is 10.0 Å². The molecule has 4 aromatic rings. The average Bonchev–Trinajstić information content (AvgIpc) is 3.79. The Morgan fingerprint density at radius 2 is 1.76 bits per heavy atom. The lowest BCUT2D eigenvalue weighted by Gasteiger charge is -2.33. The van der Waals surface area contributed by atoms with Crippen molar-refractivity contribution < 1.29 is 22.7 Å². The van der Waals surface area contributed by atoms with Crippen LogP contribution in [0, 0.1) is 13.8 Å². The Morgan fingerprint density at radius 1 is 1.04 bits per heavy atom. The van der Waals surface area contributed by atoms with Crippen molar-refractivity contribution in [3.63, 3.8) is 0 Å². The zero-order valence-electron chi connectivity index (χ0n) is 26.0. The molecule has 11 nitrogen and oxygen atoms in total. The zero-order chi connectivity index (χ0) is 31.8. The summed E-state index contributed by atoms with van der Waals surface area (Å²) in [6.07, 6.45) is 6.62. The normalized spacial score (nSPS) is 17.8. The van der Waals surface area contributed by atoms with Gasteiger partial charge in [0.15, 0.2) is 0 Å². The topological polar surface area (TPSA) is 129 Å². The minimum Gasteiger partial charge on any atom is -0.497 e. The summed E-state index contributed by atoms with van der Waals surface area (Å²) in [5.41, 5.74) is 3.85. The molecule has 2 aromatic heterocycles. The molecule has 0 radical (unpaired) electrons. The van der Waals surface area contributed by atoms with Crippen LogP contribution in [0.5, 0.6) is 11.6 Å². The molecule has 1 aliphatic heterocycles. The molecule has 45 heavy (non-hydrogen) atoms. The lowest BCUT2D eigenvalue weighted by Crippen LogP contribution is -2.45. The van der Waals surface area contributed by atoms with Crippen LogP contribution in [0.15, 0.2) is 65.8 Å². The Hall–Kier alpha value is -4.45. The van der Waals surface area contributed by atoms with Gasteiger partial charge in [0.05, 0.1) is 31.0 Å². The molecule has 3 heterocycles. The molecule has 2 fully saturated rings. The predicted molar refractivity (Wildman–Crippen MR) is 170 cm³/mol. The number of ether oxygens (including phenoxy) is 2. The fourth-order valence-corrected chi connectivity index (χ4v) is 7.52. The van der Waals surface area contributed by atoms with Crippen LogP contribution in [-0.2, 0) is 27.3 Å². The number of nitrogens with zero attached hydrogens (tertiary/aromatic N) is 5. The number of methoxy groups -OCH3 is 1. The number of anilines is 1. The number of rotatable bonds is 9. The summed E-state index contributed by atoms with van der Waals surface area (Å²) in [7, 11) is -0.718. The van der Waals surface area contributed by atoms with E-state index in [0.717, 1.165) is 53.7 Å². The number of benzene rings is 2. The first-order chi connectivity index (χ1) is 21.6. The molecule has 0 bridgehead atoms. The molecule has 6 rings (SSSR count). The van der Waals surface area contributed by atoms with Gasteiger partial charge < -0.3 is 14.4 Å². The van der Waals surface area contributed by atoms with E-state index in [9.17, 15) is 13.2 Å². The maximum atomic E-state index is 14.1. The van der Waals surface area contributed by atoms with Crippen LogP contribution in [0.3, 0.4) is 0 Å². The van der Waals surface area contributed by atoms with Gasteiger partial charge in [0.1, 0.15) is 16.7 Å². The lowest BCUT2D eigenvalue weighted by molar-refractivity contribution is -0.136. The van der Waals surface area contributed by atoms with E-state index in [4.69, 9.17) is 9.47 Å². The van der Waals surface area contributed by atoms with E-state index in [2.05, 4.69) is 19.8 Å². The molecule has 1 amide bonds. The molecule has 1 atom stereocenters. The summed E-state index contributed by atoms with van der Waals surface area (Å²) in [6, 6.07) is 15.5. The van der Waals surface area contributed by atoms with E-state index >= 15 is 0 Å². The van der Waals surface area contributed by atoms with Crippen molar-refractivity contribution in [2.45, 2.75) is 62.4 Å². The second-order valence-electron chi connectivity index (χ2n) is 11.9. The monoisotopic (exact) mass is 630 g/mol. The lowest BCUT2D eigenvalue weighted by atomic mass is 9.77. The van der Waals surface area contributed by atoms with Crippen molar-refractivity contribution in [1.82, 2.24) is 24.6 Å². The Bertz CT molecular complexity index is 1800. The third-order valence-electron chi connectivity index (χ3n) is 8.89. The highest BCUT2D eigenvalue weighted by molar-refractivity contribution is 7.92. The summed E-state index contributed by atoms with van der Waals surface area (Å²) in [6.45, 7) is 4.94. The van der Waals surface area contributed by atoms with Crippen LogP contribution >= 0.6 is 0 Å². The first-order valence-electron chi connectivity index (χ1n) is 15.2. The minimum atomic E-state index is -4.00. The van der Waals surface area contributed by atoms with Crippen LogP contribution in [-0.4, -0.2) is 65.3 Å². The van der Waals surface area contributed by atoms with Gasteiger partial charge in [-0.1, -0.05) is 43.2 Å². The number of amides is 1. The molecule has 1 unspecified atom stereocenters. The van der Waals surface area contributed by atoms with E-state index in [1.807, 2.05) is 61.2 Å².